The van der Waals surface area contributed by atoms with Crippen molar-refractivity contribution < 1.29 is 4.52 Å². The maximum Gasteiger partial charge on any atom is 0.268 e. The predicted molar refractivity (Wildman–Crippen MR) is 116 cm³/mol. The molecule has 148 valence electrons. The van der Waals surface area contributed by atoms with Crippen LogP contribution in [0.25, 0.3) is 22.2 Å². The van der Waals surface area contributed by atoms with Crippen molar-refractivity contribution >= 4 is 23.1 Å². The van der Waals surface area contributed by atoms with Gasteiger partial charge in [-0.2, -0.15) is 4.98 Å². The molecule has 0 fully saturated rings. The van der Waals surface area contributed by atoms with E-state index in [9.17, 15) is 0 Å². The van der Waals surface area contributed by atoms with E-state index in [4.69, 9.17) is 4.52 Å². The second-order valence-electron chi connectivity index (χ2n) is 6.40. The van der Waals surface area contributed by atoms with E-state index < -0.39 is 0 Å². The van der Waals surface area contributed by atoms with Crippen molar-refractivity contribution in [2.75, 3.05) is 0 Å². The van der Waals surface area contributed by atoms with E-state index in [2.05, 4.69) is 42.0 Å². The summed E-state index contributed by atoms with van der Waals surface area (Å²) in [5, 5.41) is 15.7. The number of aromatic nitrogens is 6. The fourth-order valence-electron chi connectivity index (χ4n) is 2.95. The van der Waals surface area contributed by atoms with E-state index in [1.165, 1.54) is 17.3 Å². The topological polar surface area (TPSA) is 82.5 Å². The summed E-state index contributed by atoms with van der Waals surface area (Å²) in [6, 6.07) is 18.1. The van der Waals surface area contributed by atoms with Crippen LogP contribution in [0.4, 0.5) is 0 Å². The van der Waals surface area contributed by atoms with Crippen molar-refractivity contribution in [3.63, 3.8) is 0 Å². The third-order valence-corrected chi connectivity index (χ3v) is 6.17. The van der Waals surface area contributed by atoms with E-state index in [0.717, 1.165) is 21.4 Å². The highest BCUT2D eigenvalue weighted by atomic mass is 32.2. The number of rotatable bonds is 7. The second kappa shape index (κ2) is 8.60. The molecule has 5 rings (SSSR count). The molecular formula is C21H16N6OS2. The number of hydrogen-bond donors (Lipinski definition) is 0. The summed E-state index contributed by atoms with van der Waals surface area (Å²) in [5.74, 6) is 2.49. The normalized spacial score (nSPS) is 11.1. The molecule has 30 heavy (non-hydrogen) atoms. The lowest BCUT2D eigenvalue weighted by Gasteiger charge is -2.10. The molecule has 0 aliphatic carbocycles. The van der Waals surface area contributed by atoms with Crippen molar-refractivity contribution in [3.8, 4) is 22.2 Å². The van der Waals surface area contributed by atoms with Gasteiger partial charge in [-0.15, -0.1) is 21.5 Å². The van der Waals surface area contributed by atoms with E-state index >= 15 is 0 Å². The molecule has 0 amide bonds. The van der Waals surface area contributed by atoms with Crippen LogP contribution in [0.15, 0.2) is 82.1 Å². The highest BCUT2D eigenvalue weighted by Crippen LogP contribution is 2.28. The Morgan fingerprint density at radius 2 is 1.93 bits per heavy atom. The van der Waals surface area contributed by atoms with Crippen LogP contribution in [0.1, 0.15) is 11.4 Å². The first-order valence-corrected chi connectivity index (χ1v) is 11.1. The summed E-state index contributed by atoms with van der Waals surface area (Å²) in [6.07, 6.45) is 3.55. The Kier molecular flexibility index (Phi) is 5.36. The van der Waals surface area contributed by atoms with E-state index in [-0.39, 0.29) is 0 Å². The van der Waals surface area contributed by atoms with Gasteiger partial charge in [0, 0.05) is 18.0 Å². The molecule has 5 aromatic rings. The molecule has 1 aromatic carbocycles. The zero-order valence-corrected chi connectivity index (χ0v) is 17.4. The number of thioether (sulfide) groups is 1. The van der Waals surface area contributed by atoms with Crippen LogP contribution >= 0.6 is 23.1 Å². The largest absolute Gasteiger partial charge is 0.333 e. The van der Waals surface area contributed by atoms with Gasteiger partial charge < -0.3 is 4.52 Å². The molecule has 0 radical (unpaired) electrons. The lowest BCUT2D eigenvalue weighted by molar-refractivity contribution is 0.426. The molecule has 7 nitrogen and oxygen atoms in total. The Labute approximate surface area is 180 Å². The number of benzene rings is 1. The van der Waals surface area contributed by atoms with Crippen molar-refractivity contribution in [1.29, 1.82) is 0 Å². The minimum Gasteiger partial charge on any atom is -0.333 e. The fourth-order valence-corrected chi connectivity index (χ4v) is 4.38. The second-order valence-corrected chi connectivity index (χ2v) is 8.29. The molecule has 0 atom stereocenters. The molecule has 0 saturated carbocycles. The predicted octanol–water partition coefficient (Wildman–Crippen LogP) is 4.79. The smallest absolute Gasteiger partial charge is 0.268 e. The molecule has 0 unspecified atom stereocenters. The summed E-state index contributed by atoms with van der Waals surface area (Å²) in [4.78, 5) is 9.67. The average molecular weight is 433 g/mol. The summed E-state index contributed by atoms with van der Waals surface area (Å²) in [5.41, 5.74) is 2.09. The van der Waals surface area contributed by atoms with E-state index in [1.807, 2.05) is 47.8 Å². The average Bonchev–Trinajstić information content (AvgIpc) is 3.55. The van der Waals surface area contributed by atoms with E-state index in [1.54, 1.807) is 23.7 Å². The first-order valence-electron chi connectivity index (χ1n) is 9.23. The third-order valence-electron chi connectivity index (χ3n) is 4.35. The Bertz CT molecular complexity index is 1220. The Morgan fingerprint density at radius 1 is 1.00 bits per heavy atom. The molecular weight excluding hydrogens is 416 g/mol. The van der Waals surface area contributed by atoms with Gasteiger partial charge in [-0.1, -0.05) is 53.3 Å². The molecule has 0 bridgehead atoms. The minimum absolute atomic E-state index is 0.537. The van der Waals surface area contributed by atoms with Crippen LogP contribution in [0.3, 0.4) is 0 Å². The molecule has 0 aliphatic heterocycles. The van der Waals surface area contributed by atoms with Crippen molar-refractivity contribution in [2.24, 2.45) is 0 Å². The van der Waals surface area contributed by atoms with Crippen LogP contribution in [0, 0.1) is 0 Å². The zero-order chi connectivity index (χ0) is 20.2. The summed E-state index contributed by atoms with van der Waals surface area (Å²) in [7, 11) is 0. The standard InChI is InChI=1S/C21H16N6OS2/c1-2-6-15(7-3-1)13-27-19(16-8-4-10-22-12-16)24-25-21(27)30-14-18-23-20(28-26-18)17-9-5-11-29-17/h1-12H,13-14H2. The van der Waals surface area contributed by atoms with Crippen LogP contribution in [0.5, 0.6) is 0 Å². The van der Waals surface area contributed by atoms with Gasteiger partial charge in [0.15, 0.2) is 16.8 Å². The highest BCUT2D eigenvalue weighted by molar-refractivity contribution is 7.98. The van der Waals surface area contributed by atoms with Crippen molar-refractivity contribution in [1.82, 2.24) is 29.9 Å². The maximum atomic E-state index is 5.38. The molecule has 0 N–H and O–H groups in total. The minimum atomic E-state index is 0.537. The highest BCUT2D eigenvalue weighted by Gasteiger charge is 2.17. The molecule has 0 aliphatic rings. The van der Waals surface area contributed by atoms with Gasteiger partial charge in [0.2, 0.25) is 0 Å². The van der Waals surface area contributed by atoms with Gasteiger partial charge >= 0.3 is 0 Å². The third kappa shape index (κ3) is 4.03. The van der Waals surface area contributed by atoms with Gasteiger partial charge in [0.05, 0.1) is 17.2 Å². The van der Waals surface area contributed by atoms with Gasteiger partial charge in [-0.05, 0) is 29.1 Å². The SMILES string of the molecule is c1ccc(Cn2c(SCc3noc(-c4cccs4)n3)nnc2-c2cccnc2)cc1. The van der Waals surface area contributed by atoms with Gasteiger partial charge in [-0.25, -0.2) is 0 Å². The number of thiophene rings is 1. The van der Waals surface area contributed by atoms with Crippen LogP contribution in [-0.4, -0.2) is 29.9 Å². The van der Waals surface area contributed by atoms with Gasteiger partial charge in [0.1, 0.15) is 0 Å². The van der Waals surface area contributed by atoms with Gasteiger partial charge in [-0.3, -0.25) is 9.55 Å². The molecule has 4 aromatic heterocycles. The quantitative estimate of drug-likeness (QED) is 0.342. The Morgan fingerprint density at radius 3 is 2.73 bits per heavy atom. The monoisotopic (exact) mass is 432 g/mol. The van der Waals surface area contributed by atoms with Crippen LogP contribution in [-0.2, 0) is 12.3 Å². The molecule has 9 heteroatoms. The fraction of sp³-hybridized carbons (Fsp3) is 0.0952. The summed E-state index contributed by atoms with van der Waals surface area (Å²) < 4.78 is 7.48. The number of pyridine rings is 1. The number of hydrogen-bond acceptors (Lipinski definition) is 8. The first kappa shape index (κ1) is 18.7. The maximum absolute atomic E-state index is 5.38. The van der Waals surface area contributed by atoms with Crippen LogP contribution < -0.4 is 0 Å². The summed E-state index contributed by atoms with van der Waals surface area (Å²) in [6.45, 7) is 0.660. The lowest BCUT2D eigenvalue weighted by atomic mass is 10.2. The van der Waals surface area contributed by atoms with Crippen molar-refractivity contribution in [3.05, 3.63) is 83.8 Å². The van der Waals surface area contributed by atoms with E-state index in [0.29, 0.717) is 24.0 Å². The lowest BCUT2D eigenvalue weighted by Crippen LogP contribution is -2.04. The molecule has 0 spiro atoms. The Balaban J connectivity index is 1.41. The van der Waals surface area contributed by atoms with Crippen LogP contribution in [0.2, 0.25) is 0 Å². The summed E-state index contributed by atoms with van der Waals surface area (Å²) >= 11 is 3.11. The van der Waals surface area contributed by atoms with Gasteiger partial charge in [0.25, 0.3) is 5.89 Å². The number of nitrogens with zero attached hydrogens (tertiary/aromatic N) is 6. The molecule has 0 saturated heterocycles. The first-order chi connectivity index (χ1) is 14.9. The Hall–Kier alpha value is -3.30. The zero-order valence-electron chi connectivity index (χ0n) is 15.8. The van der Waals surface area contributed by atoms with Crippen molar-refractivity contribution in [2.45, 2.75) is 17.5 Å². The molecule has 4 heterocycles.